The second kappa shape index (κ2) is 4.85. The summed E-state index contributed by atoms with van der Waals surface area (Å²) < 4.78 is 15.7. The van der Waals surface area contributed by atoms with Crippen LogP contribution in [0.4, 0.5) is 4.39 Å². The third kappa shape index (κ3) is 1.92. The molecule has 0 unspecified atom stereocenters. The summed E-state index contributed by atoms with van der Waals surface area (Å²) in [6.07, 6.45) is 1.70. The number of nitrogens with one attached hydrogen (secondary N) is 1. The topological polar surface area (TPSA) is 71.8 Å². The molecule has 6 nitrogen and oxygen atoms in total. The molecule has 0 aliphatic heterocycles. The van der Waals surface area contributed by atoms with Gasteiger partial charge in [0.25, 0.3) is 0 Å². The van der Waals surface area contributed by atoms with Crippen LogP contribution >= 0.6 is 22.9 Å². The fourth-order valence-corrected chi connectivity index (χ4v) is 3.22. The number of hydrogen-bond donors (Lipinski definition) is 1. The zero-order valence-electron chi connectivity index (χ0n) is 11.2. The van der Waals surface area contributed by atoms with Gasteiger partial charge in [-0.25, -0.2) is 4.39 Å². The summed E-state index contributed by atoms with van der Waals surface area (Å²) in [4.78, 5) is 0.574. The van der Waals surface area contributed by atoms with E-state index in [1.807, 2.05) is 6.92 Å². The number of aryl methyl sites for hydroxylation is 1. The highest BCUT2D eigenvalue weighted by Gasteiger charge is 2.19. The highest BCUT2D eigenvalue weighted by atomic mass is 35.5. The maximum Gasteiger partial charge on any atom is 0.235 e. The van der Waals surface area contributed by atoms with Crippen LogP contribution in [0.1, 0.15) is 5.69 Å². The normalized spacial score (nSPS) is 11.4. The van der Waals surface area contributed by atoms with E-state index in [9.17, 15) is 4.39 Å². The average Bonchev–Trinajstić information content (AvgIpc) is 3.17. The van der Waals surface area contributed by atoms with Gasteiger partial charge in [-0.3, -0.25) is 5.10 Å². The Hall–Kier alpha value is -2.32. The fourth-order valence-electron chi connectivity index (χ4n) is 2.14. The third-order valence-corrected chi connectivity index (χ3v) is 4.47. The Labute approximate surface area is 132 Å². The van der Waals surface area contributed by atoms with Crippen LogP contribution in [0, 0.1) is 12.7 Å². The Kier molecular flexibility index (Phi) is 2.95. The molecule has 0 amide bonds. The summed E-state index contributed by atoms with van der Waals surface area (Å²) >= 11 is 7.18. The minimum absolute atomic E-state index is 0.0374. The minimum Gasteiger partial charge on any atom is -0.282 e. The number of rotatable bonds is 2. The van der Waals surface area contributed by atoms with Crippen LogP contribution in [-0.4, -0.2) is 30.0 Å². The van der Waals surface area contributed by atoms with E-state index in [-0.39, 0.29) is 10.6 Å². The molecule has 0 fully saturated rings. The van der Waals surface area contributed by atoms with Crippen molar-refractivity contribution in [1.29, 1.82) is 0 Å². The van der Waals surface area contributed by atoms with Crippen molar-refractivity contribution in [3.8, 4) is 22.0 Å². The molecule has 110 valence electrons. The van der Waals surface area contributed by atoms with Gasteiger partial charge in [-0.1, -0.05) is 29.0 Å². The number of H-pyrrole nitrogens is 1. The highest BCUT2D eigenvalue weighted by Crippen LogP contribution is 2.31. The molecular formula is C13H8ClFN6S. The first-order chi connectivity index (χ1) is 10.6. The van der Waals surface area contributed by atoms with Gasteiger partial charge < -0.3 is 0 Å². The third-order valence-electron chi connectivity index (χ3n) is 3.24. The first kappa shape index (κ1) is 13.4. The molecule has 0 aliphatic carbocycles. The number of aromatic amines is 1. The van der Waals surface area contributed by atoms with Gasteiger partial charge in [-0.15, -0.1) is 10.2 Å². The molecule has 22 heavy (non-hydrogen) atoms. The molecule has 0 saturated carbocycles. The first-order valence-corrected chi connectivity index (χ1v) is 7.51. The molecule has 3 aromatic heterocycles. The number of fused-ring (bicyclic) bond motifs is 1. The second-order valence-electron chi connectivity index (χ2n) is 4.64. The lowest BCUT2D eigenvalue weighted by Crippen LogP contribution is -1.94. The van der Waals surface area contributed by atoms with Crippen molar-refractivity contribution in [2.75, 3.05) is 0 Å². The van der Waals surface area contributed by atoms with Crippen molar-refractivity contribution in [2.45, 2.75) is 6.92 Å². The van der Waals surface area contributed by atoms with Gasteiger partial charge in [0.1, 0.15) is 0 Å². The van der Waals surface area contributed by atoms with Gasteiger partial charge in [-0.2, -0.15) is 14.7 Å². The molecule has 4 rings (SSSR count). The van der Waals surface area contributed by atoms with E-state index < -0.39 is 5.82 Å². The van der Waals surface area contributed by atoms with Crippen molar-refractivity contribution in [3.05, 3.63) is 40.9 Å². The molecule has 3 heterocycles. The quantitative estimate of drug-likeness (QED) is 0.610. The summed E-state index contributed by atoms with van der Waals surface area (Å²) in [5, 5.41) is 20.1. The van der Waals surface area contributed by atoms with Gasteiger partial charge in [-0.05, 0) is 19.1 Å². The molecule has 0 atom stereocenters. The van der Waals surface area contributed by atoms with E-state index >= 15 is 0 Å². The molecule has 0 radical (unpaired) electrons. The maximum atomic E-state index is 14.2. The molecule has 1 N–H and O–H groups in total. The van der Waals surface area contributed by atoms with Crippen LogP contribution in [0.5, 0.6) is 0 Å². The number of aromatic nitrogens is 6. The van der Waals surface area contributed by atoms with Crippen molar-refractivity contribution in [3.63, 3.8) is 0 Å². The van der Waals surface area contributed by atoms with Crippen molar-refractivity contribution in [1.82, 2.24) is 30.0 Å². The predicted octanol–water partition coefficient (Wildman–Crippen LogP) is 3.34. The van der Waals surface area contributed by atoms with Crippen LogP contribution in [0.25, 0.3) is 26.9 Å². The molecule has 4 aromatic rings. The molecular weight excluding hydrogens is 327 g/mol. The minimum atomic E-state index is -0.535. The monoisotopic (exact) mass is 334 g/mol. The number of halogens is 2. The summed E-state index contributed by atoms with van der Waals surface area (Å²) in [6, 6.07) is 4.75. The Bertz CT molecular complexity index is 988. The van der Waals surface area contributed by atoms with Crippen LogP contribution in [0.2, 0.25) is 5.02 Å². The van der Waals surface area contributed by atoms with Crippen LogP contribution in [-0.2, 0) is 0 Å². The fraction of sp³-hybridized carbons (Fsp3) is 0.0769. The van der Waals surface area contributed by atoms with Crippen LogP contribution in [0.15, 0.2) is 24.4 Å². The summed E-state index contributed by atoms with van der Waals surface area (Å²) in [7, 11) is 0. The van der Waals surface area contributed by atoms with Gasteiger partial charge in [0.15, 0.2) is 16.6 Å². The van der Waals surface area contributed by atoms with E-state index in [2.05, 4.69) is 25.5 Å². The number of nitrogens with zero attached hydrogens (tertiary/aromatic N) is 5. The van der Waals surface area contributed by atoms with E-state index in [1.165, 1.54) is 21.9 Å². The lowest BCUT2D eigenvalue weighted by atomic mass is 10.2. The zero-order valence-corrected chi connectivity index (χ0v) is 12.8. The molecule has 0 bridgehead atoms. The largest absolute Gasteiger partial charge is 0.282 e. The van der Waals surface area contributed by atoms with E-state index in [4.69, 9.17) is 11.6 Å². The number of hydrogen-bond acceptors (Lipinski definition) is 5. The van der Waals surface area contributed by atoms with Gasteiger partial charge in [0, 0.05) is 5.69 Å². The Morgan fingerprint density at radius 3 is 2.91 bits per heavy atom. The molecule has 9 heteroatoms. The summed E-state index contributed by atoms with van der Waals surface area (Å²) in [5.74, 6) is -0.217. The van der Waals surface area contributed by atoms with Gasteiger partial charge in [0.05, 0.1) is 22.3 Å². The molecule has 0 aliphatic rings. The Morgan fingerprint density at radius 2 is 2.14 bits per heavy atom. The van der Waals surface area contributed by atoms with Crippen LogP contribution < -0.4 is 0 Å². The van der Waals surface area contributed by atoms with E-state index in [1.54, 1.807) is 18.3 Å². The number of benzene rings is 1. The van der Waals surface area contributed by atoms with E-state index in [0.29, 0.717) is 10.8 Å². The zero-order chi connectivity index (χ0) is 15.3. The van der Waals surface area contributed by atoms with Crippen molar-refractivity contribution >= 4 is 27.9 Å². The molecule has 0 saturated heterocycles. The SMILES string of the molecule is Cc1[nH]ncc1-c1nn2c(-c3cccc(Cl)c3F)nnc2s1. The van der Waals surface area contributed by atoms with Gasteiger partial charge in [0.2, 0.25) is 4.96 Å². The predicted molar refractivity (Wildman–Crippen MR) is 81.4 cm³/mol. The smallest absolute Gasteiger partial charge is 0.235 e. The standard InChI is InChI=1S/C13H8ClFN6S/c1-6-8(5-16-17-6)12-20-21-11(18-19-13(21)22-12)7-3-2-4-9(14)10(7)15/h2-5H,1H3,(H,16,17). The van der Waals surface area contributed by atoms with Crippen molar-refractivity contribution < 1.29 is 4.39 Å². The highest BCUT2D eigenvalue weighted by molar-refractivity contribution is 7.19. The first-order valence-electron chi connectivity index (χ1n) is 6.32. The molecule has 0 spiro atoms. The lowest BCUT2D eigenvalue weighted by Gasteiger charge is -2.00. The van der Waals surface area contributed by atoms with Gasteiger partial charge >= 0.3 is 0 Å². The average molecular weight is 335 g/mol. The summed E-state index contributed by atoms with van der Waals surface area (Å²) in [5.41, 5.74) is 2.05. The summed E-state index contributed by atoms with van der Waals surface area (Å²) in [6.45, 7) is 1.91. The second-order valence-corrected chi connectivity index (χ2v) is 6.00. The van der Waals surface area contributed by atoms with E-state index in [0.717, 1.165) is 16.3 Å². The lowest BCUT2D eigenvalue weighted by molar-refractivity contribution is 0.629. The van der Waals surface area contributed by atoms with Crippen molar-refractivity contribution in [2.24, 2.45) is 0 Å². The molecule has 1 aromatic carbocycles. The maximum absolute atomic E-state index is 14.2. The Balaban J connectivity index is 1.92. The Morgan fingerprint density at radius 1 is 1.27 bits per heavy atom. The van der Waals surface area contributed by atoms with Crippen LogP contribution in [0.3, 0.4) is 0 Å².